The van der Waals surface area contributed by atoms with Crippen molar-refractivity contribution in [1.29, 1.82) is 0 Å². The van der Waals surface area contributed by atoms with Crippen molar-refractivity contribution in [2.24, 2.45) is 22.7 Å². The zero-order valence-corrected chi connectivity index (χ0v) is 13.2. The van der Waals surface area contributed by atoms with E-state index in [1.54, 1.807) is 12.2 Å². The smallest absolute Gasteiger partial charge is 0.219 e. The standard InChI is InChI=1S/C19H24O2/c1-4-8-19-10-7-14-13(2)6-5-9-18(14,3)17(19)11-15(20)16(21)12-19/h11-14,21H,5-7,9-10H2,1-3H3. The second-order valence-corrected chi connectivity index (χ2v) is 7.23. The van der Waals surface area contributed by atoms with E-state index in [1.165, 1.54) is 12.8 Å². The number of rotatable bonds is 0. The Kier molecular flexibility index (Phi) is 3.28. The molecule has 3 rings (SSSR count). The molecule has 3 aliphatic carbocycles. The molecule has 0 aromatic heterocycles. The molecule has 0 spiro atoms. The fourth-order valence-corrected chi connectivity index (χ4v) is 5.11. The number of allylic oxidation sites excluding steroid dienone is 3. The van der Waals surface area contributed by atoms with Gasteiger partial charge >= 0.3 is 0 Å². The summed E-state index contributed by atoms with van der Waals surface area (Å²) in [5.74, 6) is 7.29. The number of aliphatic hydroxyl groups is 1. The van der Waals surface area contributed by atoms with Gasteiger partial charge in [-0.1, -0.05) is 32.6 Å². The van der Waals surface area contributed by atoms with Gasteiger partial charge in [-0.05, 0) is 61.2 Å². The van der Waals surface area contributed by atoms with E-state index in [9.17, 15) is 9.90 Å². The molecule has 4 unspecified atom stereocenters. The van der Waals surface area contributed by atoms with Gasteiger partial charge in [0, 0.05) is 0 Å². The Hall–Kier alpha value is -1.49. The predicted molar refractivity (Wildman–Crippen MR) is 83.5 cm³/mol. The highest BCUT2D eigenvalue weighted by molar-refractivity contribution is 6.04. The molecule has 2 heteroatoms. The lowest BCUT2D eigenvalue weighted by Crippen LogP contribution is -2.48. The first-order valence-corrected chi connectivity index (χ1v) is 8.06. The van der Waals surface area contributed by atoms with Gasteiger partial charge in [0.1, 0.15) is 0 Å². The maximum absolute atomic E-state index is 12.1. The molecule has 0 saturated heterocycles. The fraction of sp³-hybridized carbons (Fsp3) is 0.632. The molecule has 2 nitrogen and oxygen atoms in total. The van der Waals surface area contributed by atoms with E-state index in [4.69, 9.17) is 0 Å². The van der Waals surface area contributed by atoms with Gasteiger partial charge in [0.05, 0.1) is 5.41 Å². The number of ketones is 1. The maximum atomic E-state index is 12.1. The summed E-state index contributed by atoms with van der Waals surface area (Å²) in [6, 6.07) is 0. The van der Waals surface area contributed by atoms with Crippen LogP contribution in [0.25, 0.3) is 0 Å². The molecule has 0 aliphatic heterocycles. The van der Waals surface area contributed by atoms with E-state index in [0.717, 1.165) is 24.8 Å². The van der Waals surface area contributed by atoms with Gasteiger partial charge in [0.25, 0.3) is 0 Å². The largest absolute Gasteiger partial charge is 0.504 e. The van der Waals surface area contributed by atoms with Gasteiger partial charge in [-0.15, -0.1) is 5.92 Å². The third-order valence-corrected chi connectivity index (χ3v) is 6.07. The van der Waals surface area contributed by atoms with Crippen LogP contribution in [0.15, 0.2) is 23.5 Å². The molecule has 0 bridgehead atoms. The first-order valence-electron chi connectivity index (χ1n) is 8.06. The molecule has 0 radical (unpaired) electrons. The van der Waals surface area contributed by atoms with Crippen LogP contribution < -0.4 is 0 Å². The minimum Gasteiger partial charge on any atom is -0.504 e. The van der Waals surface area contributed by atoms with Crippen LogP contribution in [0.3, 0.4) is 0 Å². The van der Waals surface area contributed by atoms with E-state index in [1.807, 2.05) is 6.92 Å². The second kappa shape index (κ2) is 4.77. The SMILES string of the molecule is CC#CC12C=C(O)C(=O)C=C1C1(C)CCCC(C)C1CC2. The van der Waals surface area contributed by atoms with Gasteiger partial charge in [-0.2, -0.15) is 0 Å². The Balaban J connectivity index is 2.15. The van der Waals surface area contributed by atoms with Crippen molar-refractivity contribution in [3.63, 3.8) is 0 Å². The number of fused-ring (bicyclic) bond motifs is 3. The van der Waals surface area contributed by atoms with Gasteiger partial charge < -0.3 is 5.11 Å². The van der Waals surface area contributed by atoms with Crippen LogP contribution in [0.4, 0.5) is 0 Å². The van der Waals surface area contributed by atoms with Crippen molar-refractivity contribution >= 4 is 5.78 Å². The maximum Gasteiger partial charge on any atom is 0.219 e. The number of hydrogen-bond donors (Lipinski definition) is 1. The van der Waals surface area contributed by atoms with Crippen molar-refractivity contribution in [1.82, 2.24) is 0 Å². The summed E-state index contributed by atoms with van der Waals surface area (Å²) in [6.45, 7) is 6.50. The van der Waals surface area contributed by atoms with Crippen LogP contribution in [0.1, 0.15) is 52.9 Å². The molecule has 1 N–H and O–H groups in total. The van der Waals surface area contributed by atoms with Crippen molar-refractivity contribution in [3.05, 3.63) is 23.5 Å². The average molecular weight is 284 g/mol. The Bertz CT molecular complexity index is 601. The third kappa shape index (κ3) is 1.98. The molecule has 21 heavy (non-hydrogen) atoms. The molecular formula is C19H24O2. The van der Waals surface area contributed by atoms with Crippen molar-refractivity contribution in [3.8, 4) is 11.8 Å². The summed E-state index contributed by atoms with van der Waals surface area (Å²) in [7, 11) is 0. The van der Waals surface area contributed by atoms with Crippen LogP contribution >= 0.6 is 0 Å². The summed E-state index contributed by atoms with van der Waals surface area (Å²) in [4.78, 5) is 12.1. The topological polar surface area (TPSA) is 37.3 Å². The van der Waals surface area contributed by atoms with Crippen LogP contribution in [0.2, 0.25) is 0 Å². The average Bonchev–Trinajstić information content (AvgIpc) is 2.42. The molecule has 112 valence electrons. The molecule has 0 heterocycles. The molecule has 3 aliphatic rings. The van der Waals surface area contributed by atoms with Crippen molar-refractivity contribution in [2.75, 3.05) is 0 Å². The van der Waals surface area contributed by atoms with Crippen LogP contribution in [0, 0.1) is 34.5 Å². The highest BCUT2D eigenvalue weighted by Gasteiger charge is 2.54. The zero-order valence-electron chi connectivity index (χ0n) is 13.2. The van der Waals surface area contributed by atoms with E-state index >= 15 is 0 Å². The molecular weight excluding hydrogens is 260 g/mol. The van der Waals surface area contributed by atoms with Crippen LogP contribution in [0.5, 0.6) is 0 Å². The highest BCUT2D eigenvalue weighted by Crippen LogP contribution is 2.62. The Morgan fingerprint density at radius 3 is 2.81 bits per heavy atom. The lowest BCUT2D eigenvalue weighted by atomic mass is 9.48. The Morgan fingerprint density at radius 1 is 1.33 bits per heavy atom. The number of carbonyl (C=O) groups is 1. The summed E-state index contributed by atoms with van der Waals surface area (Å²) >= 11 is 0. The first kappa shape index (κ1) is 14.4. The number of hydrogen-bond acceptors (Lipinski definition) is 2. The van der Waals surface area contributed by atoms with Gasteiger partial charge in [0.15, 0.2) is 5.76 Å². The third-order valence-electron chi connectivity index (χ3n) is 6.07. The Labute approximate surface area is 127 Å². The molecule has 4 atom stereocenters. The van der Waals surface area contributed by atoms with Crippen molar-refractivity contribution in [2.45, 2.75) is 52.9 Å². The van der Waals surface area contributed by atoms with Crippen molar-refractivity contribution < 1.29 is 9.90 Å². The zero-order chi connectivity index (χ0) is 15.3. The monoisotopic (exact) mass is 284 g/mol. The van der Waals surface area contributed by atoms with Gasteiger partial charge in [-0.25, -0.2) is 0 Å². The summed E-state index contributed by atoms with van der Waals surface area (Å²) in [5.41, 5.74) is 0.789. The van der Waals surface area contributed by atoms with E-state index in [-0.39, 0.29) is 17.0 Å². The van der Waals surface area contributed by atoms with Gasteiger partial charge in [-0.3, -0.25) is 4.79 Å². The fourth-order valence-electron chi connectivity index (χ4n) is 5.11. The van der Waals surface area contributed by atoms with Crippen LogP contribution in [-0.4, -0.2) is 10.9 Å². The lowest BCUT2D eigenvalue weighted by molar-refractivity contribution is -0.114. The van der Waals surface area contributed by atoms with Crippen LogP contribution in [-0.2, 0) is 4.79 Å². The molecule has 0 amide bonds. The molecule has 0 aromatic rings. The molecule has 2 fully saturated rings. The minimum atomic E-state index is -0.422. The molecule has 2 saturated carbocycles. The summed E-state index contributed by atoms with van der Waals surface area (Å²) in [6.07, 6.45) is 9.10. The van der Waals surface area contributed by atoms with Gasteiger partial charge in [0.2, 0.25) is 5.78 Å². The first-order chi connectivity index (χ1) is 9.93. The summed E-state index contributed by atoms with van der Waals surface area (Å²) < 4.78 is 0. The van der Waals surface area contributed by atoms with E-state index < -0.39 is 5.41 Å². The Morgan fingerprint density at radius 2 is 2.10 bits per heavy atom. The summed E-state index contributed by atoms with van der Waals surface area (Å²) in [5, 5.41) is 9.94. The highest BCUT2D eigenvalue weighted by atomic mass is 16.3. The lowest BCUT2D eigenvalue weighted by Gasteiger charge is -2.55. The quantitative estimate of drug-likeness (QED) is 0.677. The normalized spacial score (nSPS) is 42.0. The number of carbonyl (C=O) groups excluding carboxylic acids is 1. The predicted octanol–water partition coefficient (Wildman–Crippen LogP) is 4.18. The second-order valence-electron chi connectivity index (χ2n) is 7.23. The minimum absolute atomic E-state index is 0.0482. The molecule has 0 aromatic carbocycles. The van der Waals surface area contributed by atoms with E-state index in [0.29, 0.717) is 11.8 Å². The van der Waals surface area contributed by atoms with E-state index in [2.05, 4.69) is 25.7 Å². The number of aliphatic hydroxyl groups excluding tert-OH is 1.